The fourth-order valence-corrected chi connectivity index (χ4v) is 6.57. The first-order chi connectivity index (χ1) is 37.8. The molecule has 1 heteroatoms. The largest absolute Gasteiger partial charge is 0.456 e. The summed E-state index contributed by atoms with van der Waals surface area (Å²) in [6.45, 7) is 0. The molecule has 0 amide bonds. The Morgan fingerprint density at radius 3 is 1.47 bits per heavy atom. The highest BCUT2D eigenvalue weighted by atomic mass is 16.3. The van der Waals surface area contributed by atoms with Crippen LogP contribution in [0.1, 0.15) is 41.1 Å². The second-order valence-electron chi connectivity index (χ2n) is 11.3. The van der Waals surface area contributed by atoms with Crippen molar-refractivity contribution in [1.82, 2.24) is 0 Å². The summed E-state index contributed by atoms with van der Waals surface area (Å²) in [5.41, 5.74) is -6.32. The number of fused-ring (bicyclic) bond motifs is 9. The van der Waals surface area contributed by atoms with E-state index in [-0.39, 0.29) is 0 Å². The van der Waals surface area contributed by atoms with Gasteiger partial charge in [0.2, 0.25) is 0 Å². The Bertz CT molecular complexity index is 4840. The van der Waals surface area contributed by atoms with Crippen molar-refractivity contribution in [3.8, 4) is 33.4 Å². The molecule has 0 radical (unpaired) electrons. The highest BCUT2D eigenvalue weighted by Crippen LogP contribution is 2.48. The summed E-state index contributed by atoms with van der Waals surface area (Å²) in [6, 6.07) is -29.3. The standard InChI is InChI=1S/C50H30O/c1-4-17-35-31(13-1)16-11-25-39(35)47-40-20-7-9-22-42(40)48(43-23-10-8-21-41(43)47)44-30-34(29-33-15-3-5-18-36(33)44)38-24-12-26-45-50(38)49-37-19-6-2-14-32(37)27-28-46(49)51-45/h1-30H/i1D,2D,3D,4D,5D,6D,7D,8D,9D,10D,11D,12D,13D,14D,15D,16D,17D,18D,19D,20D,21D,22D,23D,24D,25D,26D,27D,28D,29D,30D. The maximum atomic E-state index is 10.4. The van der Waals surface area contributed by atoms with E-state index >= 15 is 0 Å². The lowest BCUT2D eigenvalue weighted by atomic mass is 9.83. The molecule has 0 N–H and O–H groups in total. The van der Waals surface area contributed by atoms with Crippen LogP contribution < -0.4 is 0 Å². The van der Waals surface area contributed by atoms with E-state index in [0.717, 1.165) is 0 Å². The van der Waals surface area contributed by atoms with Gasteiger partial charge < -0.3 is 4.42 Å². The lowest BCUT2D eigenvalue weighted by molar-refractivity contribution is 0.669. The van der Waals surface area contributed by atoms with Gasteiger partial charge in [-0.1, -0.05) is 157 Å². The van der Waals surface area contributed by atoms with Crippen LogP contribution in [-0.4, -0.2) is 0 Å². The average molecular weight is 677 g/mol. The number of rotatable bonds is 3. The minimum atomic E-state index is -1.14. The van der Waals surface area contributed by atoms with Gasteiger partial charge in [0.05, 0.1) is 41.1 Å². The summed E-state index contributed by atoms with van der Waals surface area (Å²) in [5, 5.41) is -8.46. The zero-order valence-electron chi connectivity index (χ0n) is 55.4. The summed E-state index contributed by atoms with van der Waals surface area (Å²) in [4.78, 5) is 0. The molecular weight excluding hydrogens is 617 g/mol. The van der Waals surface area contributed by atoms with E-state index < -0.39 is 290 Å². The van der Waals surface area contributed by atoms with Gasteiger partial charge in [0.25, 0.3) is 0 Å². The third kappa shape index (κ3) is 4.16. The molecule has 0 bridgehead atoms. The predicted octanol–water partition coefficient (Wildman–Crippen LogP) is 14.4. The maximum absolute atomic E-state index is 10.4. The molecule has 1 nitrogen and oxygen atoms in total. The predicted molar refractivity (Wildman–Crippen MR) is 218 cm³/mol. The van der Waals surface area contributed by atoms with E-state index in [2.05, 4.69) is 0 Å². The van der Waals surface area contributed by atoms with Gasteiger partial charge in [-0.25, -0.2) is 0 Å². The van der Waals surface area contributed by atoms with Crippen LogP contribution in [0.5, 0.6) is 0 Å². The number of hydrogen-bond donors (Lipinski definition) is 0. The number of furan rings is 1. The fraction of sp³-hybridized carbons (Fsp3) is 0. The molecule has 0 saturated heterocycles. The average Bonchev–Trinajstić information content (AvgIpc) is 4.04. The second-order valence-corrected chi connectivity index (χ2v) is 11.3. The molecule has 0 atom stereocenters. The van der Waals surface area contributed by atoms with E-state index in [1.165, 1.54) is 0 Å². The topological polar surface area (TPSA) is 13.1 Å². The van der Waals surface area contributed by atoms with E-state index in [4.69, 9.17) is 31.8 Å². The van der Waals surface area contributed by atoms with Crippen LogP contribution in [0, 0.1) is 0 Å². The lowest BCUT2D eigenvalue weighted by Crippen LogP contribution is -1.93. The van der Waals surface area contributed by atoms with Crippen molar-refractivity contribution in [2.45, 2.75) is 0 Å². The van der Waals surface area contributed by atoms with Crippen molar-refractivity contribution < 1.29 is 45.5 Å². The van der Waals surface area contributed by atoms with Crippen LogP contribution in [0.25, 0.3) is 109 Å². The maximum Gasteiger partial charge on any atom is 0.136 e. The van der Waals surface area contributed by atoms with Crippen LogP contribution in [0.15, 0.2) is 186 Å². The molecule has 1 aromatic heterocycles. The van der Waals surface area contributed by atoms with Gasteiger partial charge in [0.1, 0.15) is 11.2 Å². The van der Waals surface area contributed by atoms with E-state index in [1.54, 1.807) is 0 Å². The summed E-state index contributed by atoms with van der Waals surface area (Å²) < 4.78 is 281. The first-order valence-electron chi connectivity index (χ1n) is 30.2. The molecule has 0 aliphatic heterocycles. The molecule has 10 aromatic carbocycles. The van der Waals surface area contributed by atoms with Crippen LogP contribution in [0.4, 0.5) is 0 Å². The smallest absolute Gasteiger partial charge is 0.136 e. The van der Waals surface area contributed by atoms with Crippen molar-refractivity contribution in [3.05, 3.63) is 181 Å². The molecule has 0 spiro atoms. The van der Waals surface area contributed by atoms with E-state index in [1.807, 2.05) is 0 Å². The van der Waals surface area contributed by atoms with Gasteiger partial charge in [0.15, 0.2) is 0 Å². The molecular formula is C50H30O. The van der Waals surface area contributed by atoms with Crippen molar-refractivity contribution >= 4 is 75.8 Å². The highest BCUT2D eigenvalue weighted by Gasteiger charge is 2.21. The molecule has 51 heavy (non-hydrogen) atoms. The van der Waals surface area contributed by atoms with Gasteiger partial charge in [-0.2, -0.15) is 0 Å². The van der Waals surface area contributed by atoms with Crippen LogP contribution in [-0.2, 0) is 0 Å². The third-order valence-electron chi connectivity index (χ3n) is 8.64. The minimum absolute atomic E-state index is 0.493. The highest BCUT2D eigenvalue weighted by molar-refractivity contribution is 6.27. The summed E-state index contributed by atoms with van der Waals surface area (Å²) >= 11 is 0. The lowest BCUT2D eigenvalue weighted by Gasteiger charge is -2.20. The van der Waals surface area contributed by atoms with Gasteiger partial charge in [-0.15, -0.1) is 0 Å². The molecule has 11 aromatic rings. The molecule has 1 heterocycles. The summed E-state index contributed by atoms with van der Waals surface area (Å²) in [6.07, 6.45) is 0. The van der Waals surface area contributed by atoms with Crippen molar-refractivity contribution in [1.29, 1.82) is 0 Å². The van der Waals surface area contributed by atoms with Crippen LogP contribution in [0.3, 0.4) is 0 Å². The number of hydrogen-bond acceptors (Lipinski definition) is 1. The molecule has 0 saturated carbocycles. The van der Waals surface area contributed by atoms with Crippen molar-refractivity contribution in [3.63, 3.8) is 0 Å². The molecule has 0 fully saturated rings. The zero-order chi connectivity index (χ0) is 59.6. The Balaban J connectivity index is 1.52. The molecule has 0 aliphatic rings. The molecule has 0 unspecified atom stereocenters. The Kier molecular flexibility index (Phi) is 2.50. The quantitative estimate of drug-likeness (QED) is 0.170. The fourth-order valence-electron chi connectivity index (χ4n) is 6.57. The third-order valence-corrected chi connectivity index (χ3v) is 8.64. The minimum Gasteiger partial charge on any atom is -0.456 e. The van der Waals surface area contributed by atoms with Gasteiger partial charge in [-0.3, -0.25) is 0 Å². The van der Waals surface area contributed by atoms with Crippen molar-refractivity contribution in [2.24, 2.45) is 0 Å². The van der Waals surface area contributed by atoms with E-state index in [0.29, 0.717) is 0 Å². The summed E-state index contributed by atoms with van der Waals surface area (Å²) in [7, 11) is 0. The Hall–Kier alpha value is -6.70. The van der Waals surface area contributed by atoms with Crippen LogP contribution in [0.2, 0.25) is 0 Å². The molecule has 0 aliphatic carbocycles. The summed E-state index contributed by atoms with van der Waals surface area (Å²) in [5.74, 6) is 0. The molecule has 11 rings (SSSR count). The van der Waals surface area contributed by atoms with Gasteiger partial charge in [-0.05, 0) is 111 Å². The van der Waals surface area contributed by atoms with E-state index in [9.17, 15) is 13.7 Å². The second kappa shape index (κ2) is 10.9. The monoisotopic (exact) mass is 676 g/mol. The van der Waals surface area contributed by atoms with Crippen LogP contribution >= 0.6 is 0 Å². The van der Waals surface area contributed by atoms with Gasteiger partial charge in [0, 0.05) is 10.8 Å². The number of benzene rings is 10. The van der Waals surface area contributed by atoms with Crippen molar-refractivity contribution in [2.75, 3.05) is 0 Å². The van der Waals surface area contributed by atoms with Gasteiger partial charge >= 0.3 is 0 Å². The zero-order valence-corrected chi connectivity index (χ0v) is 25.4. The Morgan fingerprint density at radius 2 is 0.784 bits per heavy atom. The normalized spacial score (nSPS) is 20.2. The Labute approximate surface area is 336 Å². The first kappa shape index (κ1) is 11.7. The first-order valence-corrected chi connectivity index (χ1v) is 15.2. The SMILES string of the molecule is [2H]c1c([2H])c(-c2c([2H])c(-c3c4c([2H])c([2H])c([2H])c([2H])c4c(-c4c([2H])c([2H])c([2H])c5c([2H])c([2H])c([2H])c([2H])c45)c4c([2H])c([2H])c([2H])c([2H])c34)c3c([2H])c([2H])c([2H])c([2H])c3c2[2H])c2c(oc3c([2H])c([2H])c4c([2H])c([2H])c([2H])c([2H])c4c32)c1[2H]. The Morgan fingerprint density at radius 1 is 0.314 bits per heavy atom. The molecule has 236 valence electrons.